The van der Waals surface area contributed by atoms with Crippen molar-refractivity contribution in [2.75, 3.05) is 0 Å². The van der Waals surface area contributed by atoms with E-state index >= 15 is 0 Å². The third-order valence-corrected chi connectivity index (χ3v) is 3.22. The molecule has 4 heteroatoms. The molecule has 0 aliphatic rings. The lowest BCUT2D eigenvalue weighted by Gasteiger charge is -2.05. The van der Waals surface area contributed by atoms with Gasteiger partial charge in [0.2, 0.25) is 0 Å². The summed E-state index contributed by atoms with van der Waals surface area (Å²) in [5, 5.41) is 17.8. The monoisotopic (exact) mass is 284 g/mol. The second kappa shape index (κ2) is 6.70. The minimum absolute atomic E-state index is 0.0162. The Labute approximate surface area is 122 Å². The Bertz CT molecular complexity index is 661. The molecule has 0 aliphatic heterocycles. The molecule has 0 saturated heterocycles. The van der Waals surface area contributed by atoms with Crippen molar-refractivity contribution in [3.05, 3.63) is 70.8 Å². The zero-order valence-electron chi connectivity index (χ0n) is 11.5. The first kappa shape index (κ1) is 14.8. The van der Waals surface area contributed by atoms with Crippen molar-refractivity contribution in [3.8, 4) is 0 Å². The number of aromatic carboxylic acids is 1. The summed E-state index contributed by atoms with van der Waals surface area (Å²) in [4.78, 5) is 21.6. The number of carbonyl (C=O) groups is 2. The summed E-state index contributed by atoms with van der Waals surface area (Å²) in [5.41, 5.74) is 3.07. The molecule has 108 valence electrons. The zero-order valence-corrected chi connectivity index (χ0v) is 11.5. The minimum Gasteiger partial charge on any atom is -0.481 e. The highest BCUT2D eigenvalue weighted by Crippen LogP contribution is 2.12. The van der Waals surface area contributed by atoms with Crippen LogP contribution in [0.5, 0.6) is 0 Å². The summed E-state index contributed by atoms with van der Waals surface area (Å²) in [7, 11) is 0. The third-order valence-electron chi connectivity index (χ3n) is 3.22. The molecule has 0 aliphatic carbocycles. The van der Waals surface area contributed by atoms with Crippen molar-refractivity contribution < 1.29 is 19.8 Å². The van der Waals surface area contributed by atoms with Crippen molar-refractivity contribution in [2.45, 2.75) is 19.3 Å². The van der Waals surface area contributed by atoms with Crippen LogP contribution in [0.2, 0.25) is 0 Å². The summed E-state index contributed by atoms with van der Waals surface area (Å²) in [5.74, 6) is -1.78. The molecular weight excluding hydrogens is 268 g/mol. The summed E-state index contributed by atoms with van der Waals surface area (Å²) in [6, 6.07) is 14.3. The average molecular weight is 284 g/mol. The third kappa shape index (κ3) is 4.45. The highest BCUT2D eigenvalue weighted by molar-refractivity contribution is 5.87. The molecule has 2 rings (SSSR count). The second-order valence-electron chi connectivity index (χ2n) is 4.90. The molecule has 2 N–H and O–H groups in total. The van der Waals surface area contributed by atoms with Gasteiger partial charge >= 0.3 is 11.9 Å². The van der Waals surface area contributed by atoms with Crippen molar-refractivity contribution in [1.82, 2.24) is 0 Å². The quantitative estimate of drug-likeness (QED) is 0.855. The average Bonchev–Trinajstić information content (AvgIpc) is 2.45. The van der Waals surface area contributed by atoms with Crippen LogP contribution in [0.25, 0.3) is 0 Å². The van der Waals surface area contributed by atoms with Crippen molar-refractivity contribution in [3.63, 3.8) is 0 Å². The first-order valence-corrected chi connectivity index (χ1v) is 6.66. The van der Waals surface area contributed by atoms with Gasteiger partial charge in [-0.05, 0) is 41.7 Å². The van der Waals surface area contributed by atoms with Crippen molar-refractivity contribution in [1.29, 1.82) is 0 Å². The number of aliphatic carboxylic acids is 1. The fourth-order valence-electron chi connectivity index (χ4n) is 2.22. The number of aryl methyl sites for hydroxylation is 2. The number of carboxylic acids is 2. The molecule has 0 amide bonds. The van der Waals surface area contributed by atoms with E-state index in [1.165, 1.54) is 0 Å². The van der Waals surface area contributed by atoms with Gasteiger partial charge in [-0.25, -0.2) is 4.79 Å². The van der Waals surface area contributed by atoms with Crippen LogP contribution in [-0.2, 0) is 24.1 Å². The molecule has 0 radical (unpaired) electrons. The molecule has 2 aromatic rings. The van der Waals surface area contributed by atoms with Gasteiger partial charge in [0, 0.05) is 0 Å². The molecule has 0 bridgehead atoms. The molecular formula is C17H16O4. The molecule has 2 aromatic carbocycles. The summed E-state index contributed by atoms with van der Waals surface area (Å²) in [6.07, 6.45) is 1.48. The van der Waals surface area contributed by atoms with E-state index in [0.717, 1.165) is 29.5 Å². The summed E-state index contributed by atoms with van der Waals surface area (Å²) < 4.78 is 0. The summed E-state index contributed by atoms with van der Waals surface area (Å²) >= 11 is 0. The first-order chi connectivity index (χ1) is 10.0. The van der Waals surface area contributed by atoms with Crippen LogP contribution in [0, 0.1) is 0 Å². The molecule has 21 heavy (non-hydrogen) atoms. The molecule has 0 heterocycles. The topological polar surface area (TPSA) is 74.6 Å². The van der Waals surface area contributed by atoms with Crippen LogP contribution in [0.4, 0.5) is 0 Å². The molecule has 0 fully saturated rings. The lowest BCUT2D eigenvalue weighted by molar-refractivity contribution is -0.136. The van der Waals surface area contributed by atoms with Gasteiger partial charge in [0.25, 0.3) is 0 Å². The van der Waals surface area contributed by atoms with E-state index in [2.05, 4.69) is 0 Å². The molecule has 0 saturated carbocycles. The fourth-order valence-corrected chi connectivity index (χ4v) is 2.22. The van der Waals surface area contributed by atoms with Gasteiger partial charge in [0.1, 0.15) is 0 Å². The molecule has 0 unspecified atom stereocenters. The minimum atomic E-state index is -0.930. The van der Waals surface area contributed by atoms with E-state index in [9.17, 15) is 9.59 Å². The molecule has 0 atom stereocenters. The maximum atomic E-state index is 10.9. The van der Waals surface area contributed by atoms with E-state index in [0.29, 0.717) is 0 Å². The lowest BCUT2D eigenvalue weighted by Crippen LogP contribution is -2.01. The van der Waals surface area contributed by atoms with Gasteiger partial charge in [-0.2, -0.15) is 0 Å². The molecule has 0 aromatic heterocycles. The second-order valence-corrected chi connectivity index (χ2v) is 4.90. The number of benzene rings is 2. The van der Waals surface area contributed by atoms with Crippen LogP contribution in [0.1, 0.15) is 27.0 Å². The normalized spacial score (nSPS) is 10.3. The van der Waals surface area contributed by atoms with Gasteiger partial charge in [0.15, 0.2) is 0 Å². The number of hydrogen-bond donors (Lipinski definition) is 2. The van der Waals surface area contributed by atoms with Gasteiger partial charge in [0.05, 0.1) is 12.0 Å². The predicted octanol–water partition coefficient (Wildman–Crippen LogP) is 2.80. The number of rotatable bonds is 6. The van der Waals surface area contributed by atoms with E-state index in [1.54, 1.807) is 24.3 Å². The lowest BCUT2D eigenvalue weighted by atomic mass is 10.0. The Hall–Kier alpha value is -2.62. The zero-order chi connectivity index (χ0) is 15.2. The maximum absolute atomic E-state index is 10.9. The number of carboxylic acid groups (broad SMARTS) is 2. The SMILES string of the molecule is O=C(O)Cc1cccc(CCc2cccc(C(=O)O)c2)c1. The molecule has 4 nitrogen and oxygen atoms in total. The van der Waals surface area contributed by atoms with Crippen LogP contribution >= 0.6 is 0 Å². The fraction of sp³-hybridized carbons (Fsp3) is 0.176. The van der Waals surface area contributed by atoms with E-state index in [1.807, 2.05) is 24.3 Å². The standard InChI is InChI=1S/C17H16O4/c18-16(19)11-14-5-1-3-12(9-14)7-8-13-4-2-6-15(10-13)17(20)21/h1-6,9-10H,7-8,11H2,(H,18,19)(H,20,21). The smallest absolute Gasteiger partial charge is 0.335 e. The van der Waals surface area contributed by atoms with E-state index < -0.39 is 11.9 Å². The van der Waals surface area contributed by atoms with Crippen LogP contribution in [-0.4, -0.2) is 22.2 Å². The highest BCUT2D eigenvalue weighted by Gasteiger charge is 2.05. The van der Waals surface area contributed by atoms with Crippen LogP contribution in [0.15, 0.2) is 48.5 Å². The van der Waals surface area contributed by atoms with Gasteiger partial charge in [-0.15, -0.1) is 0 Å². The first-order valence-electron chi connectivity index (χ1n) is 6.66. The van der Waals surface area contributed by atoms with Crippen molar-refractivity contribution in [2.24, 2.45) is 0 Å². The largest absolute Gasteiger partial charge is 0.481 e. The molecule has 0 spiro atoms. The Morgan fingerprint density at radius 2 is 1.38 bits per heavy atom. The maximum Gasteiger partial charge on any atom is 0.335 e. The Morgan fingerprint density at radius 1 is 0.810 bits per heavy atom. The highest BCUT2D eigenvalue weighted by atomic mass is 16.4. The predicted molar refractivity (Wildman–Crippen MR) is 78.6 cm³/mol. The van der Waals surface area contributed by atoms with E-state index in [-0.39, 0.29) is 12.0 Å². The number of hydrogen-bond acceptors (Lipinski definition) is 2. The summed E-state index contributed by atoms with van der Waals surface area (Å²) in [6.45, 7) is 0. The Morgan fingerprint density at radius 3 is 2.00 bits per heavy atom. The van der Waals surface area contributed by atoms with Crippen LogP contribution in [0.3, 0.4) is 0 Å². The van der Waals surface area contributed by atoms with Gasteiger partial charge in [-0.3, -0.25) is 4.79 Å². The van der Waals surface area contributed by atoms with Gasteiger partial charge in [-0.1, -0.05) is 36.4 Å². The van der Waals surface area contributed by atoms with E-state index in [4.69, 9.17) is 10.2 Å². The van der Waals surface area contributed by atoms with Crippen molar-refractivity contribution >= 4 is 11.9 Å². The Balaban J connectivity index is 2.04. The van der Waals surface area contributed by atoms with Crippen LogP contribution < -0.4 is 0 Å². The van der Waals surface area contributed by atoms with Gasteiger partial charge < -0.3 is 10.2 Å². The Kier molecular flexibility index (Phi) is 4.72.